The van der Waals surface area contributed by atoms with Gasteiger partial charge in [-0.2, -0.15) is 0 Å². The quantitative estimate of drug-likeness (QED) is 0.704. The summed E-state index contributed by atoms with van der Waals surface area (Å²) in [4.78, 5) is 5.35. The Labute approximate surface area is 78.2 Å². The normalized spacial score (nSPS) is 10.7. The lowest BCUT2D eigenvalue weighted by atomic mass is 10.1. The molecular formula is C11H14N2. The molecule has 1 heterocycles. The molecule has 0 aliphatic carbocycles. The molecule has 0 unspecified atom stereocenters. The van der Waals surface area contributed by atoms with E-state index in [1.165, 1.54) is 22.2 Å². The third-order valence-electron chi connectivity index (χ3n) is 2.38. The van der Waals surface area contributed by atoms with Crippen molar-refractivity contribution < 1.29 is 0 Å². The summed E-state index contributed by atoms with van der Waals surface area (Å²) in [5.74, 6) is 0. The van der Waals surface area contributed by atoms with Crippen LogP contribution < -0.4 is 4.90 Å². The predicted octanol–water partition coefficient (Wildman–Crippen LogP) is 2.54. The Morgan fingerprint density at radius 3 is 2.69 bits per heavy atom. The molecule has 0 aliphatic heterocycles. The lowest BCUT2D eigenvalue weighted by Gasteiger charge is -2.13. The fourth-order valence-electron chi connectivity index (χ4n) is 1.59. The molecular weight excluding hydrogens is 160 g/mol. The molecule has 0 spiro atoms. The highest BCUT2D eigenvalue weighted by molar-refractivity contribution is 5.86. The average Bonchev–Trinajstić information content (AvgIpc) is 2.51. The van der Waals surface area contributed by atoms with Crippen LogP contribution in [0.1, 0.15) is 5.56 Å². The summed E-state index contributed by atoms with van der Waals surface area (Å²) in [6, 6.07) is 6.49. The summed E-state index contributed by atoms with van der Waals surface area (Å²) < 4.78 is 0. The summed E-state index contributed by atoms with van der Waals surface area (Å²) >= 11 is 0. The molecule has 2 aromatic rings. The monoisotopic (exact) mass is 174 g/mol. The van der Waals surface area contributed by atoms with Gasteiger partial charge in [0.05, 0.1) is 0 Å². The first-order valence-electron chi connectivity index (χ1n) is 4.43. The molecule has 0 fully saturated rings. The molecule has 0 saturated heterocycles. The number of aryl methyl sites for hydroxylation is 1. The number of benzene rings is 1. The molecule has 2 rings (SSSR count). The van der Waals surface area contributed by atoms with Crippen molar-refractivity contribution in [2.24, 2.45) is 0 Å². The van der Waals surface area contributed by atoms with E-state index in [4.69, 9.17) is 0 Å². The van der Waals surface area contributed by atoms with E-state index in [1.54, 1.807) is 0 Å². The van der Waals surface area contributed by atoms with Crippen LogP contribution in [0.5, 0.6) is 0 Å². The molecule has 0 radical (unpaired) electrons. The average molecular weight is 174 g/mol. The zero-order valence-corrected chi connectivity index (χ0v) is 8.26. The highest BCUT2D eigenvalue weighted by atomic mass is 15.1. The number of nitrogens with one attached hydrogen (secondary N) is 1. The second-order valence-corrected chi connectivity index (χ2v) is 3.60. The summed E-state index contributed by atoms with van der Waals surface area (Å²) in [5.41, 5.74) is 3.78. The number of hydrogen-bond donors (Lipinski definition) is 1. The lowest BCUT2D eigenvalue weighted by molar-refractivity contribution is 1.13. The molecule has 13 heavy (non-hydrogen) atoms. The van der Waals surface area contributed by atoms with Crippen LogP contribution in [-0.2, 0) is 0 Å². The number of H-pyrrole nitrogens is 1. The second-order valence-electron chi connectivity index (χ2n) is 3.60. The number of aromatic nitrogens is 1. The van der Waals surface area contributed by atoms with E-state index in [9.17, 15) is 0 Å². The van der Waals surface area contributed by atoms with Crippen molar-refractivity contribution in [1.82, 2.24) is 4.98 Å². The van der Waals surface area contributed by atoms with Gasteiger partial charge >= 0.3 is 0 Å². The molecule has 0 bridgehead atoms. The van der Waals surface area contributed by atoms with Crippen molar-refractivity contribution in [2.75, 3.05) is 19.0 Å². The van der Waals surface area contributed by atoms with Crippen molar-refractivity contribution in [2.45, 2.75) is 6.92 Å². The summed E-state index contributed by atoms with van der Waals surface area (Å²) in [7, 11) is 4.12. The Hall–Kier alpha value is -1.44. The van der Waals surface area contributed by atoms with Crippen LogP contribution in [0.25, 0.3) is 10.9 Å². The van der Waals surface area contributed by atoms with Gasteiger partial charge in [0.2, 0.25) is 0 Å². The van der Waals surface area contributed by atoms with Crippen molar-refractivity contribution in [1.29, 1.82) is 0 Å². The minimum Gasteiger partial charge on any atom is -0.378 e. The number of rotatable bonds is 1. The van der Waals surface area contributed by atoms with Gasteiger partial charge in [0.25, 0.3) is 0 Å². The van der Waals surface area contributed by atoms with Gasteiger partial charge in [0, 0.05) is 36.9 Å². The van der Waals surface area contributed by atoms with E-state index in [2.05, 4.69) is 49.1 Å². The van der Waals surface area contributed by atoms with Gasteiger partial charge in [-0.1, -0.05) is 0 Å². The van der Waals surface area contributed by atoms with Crippen molar-refractivity contribution >= 4 is 16.6 Å². The highest BCUT2D eigenvalue weighted by Crippen LogP contribution is 2.23. The van der Waals surface area contributed by atoms with Crippen molar-refractivity contribution in [3.05, 3.63) is 30.0 Å². The van der Waals surface area contributed by atoms with Crippen LogP contribution >= 0.6 is 0 Å². The van der Waals surface area contributed by atoms with Gasteiger partial charge in [-0.25, -0.2) is 0 Å². The third kappa shape index (κ3) is 1.28. The smallest absolute Gasteiger partial charge is 0.0477 e. The predicted molar refractivity (Wildman–Crippen MR) is 57.4 cm³/mol. The van der Waals surface area contributed by atoms with Crippen LogP contribution in [0, 0.1) is 6.92 Å². The second kappa shape index (κ2) is 2.80. The molecule has 0 aliphatic rings. The maximum atomic E-state index is 3.23. The van der Waals surface area contributed by atoms with E-state index >= 15 is 0 Å². The fraction of sp³-hybridized carbons (Fsp3) is 0.273. The van der Waals surface area contributed by atoms with E-state index in [1.807, 2.05) is 6.20 Å². The number of aromatic amines is 1. The number of anilines is 1. The molecule has 0 amide bonds. The Kier molecular flexibility index (Phi) is 1.76. The first-order chi connectivity index (χ1) is 6.18. The van der Waals surface area contributed by atoms with E-state index in [-0.39, 0.29) is 0 Å². The Bertz CT molecular complexity index is 427. The van der Waals surface area contributed by atoms with Crippen LogP contribution in [-0.4, -0.2) is 19.1 Å². The van der Waals surface area contributed by atoms with Gasteiger partial charge in [0.15, 0.2) is 0 Å². The standard InChI is InChI=1S/C11H14N2/c1-8-6-9(13(2)3)7-11-10(8)4-5-12-11/h4-7,12H,1-3H3. The molecule has 1 N–H and O–H groups in total. The van der Waals surface area contributed by atoms with Gasteiger partial charge < -0.3 is 9.88 Å². The number of nitrogens with zero attached hydrogens (tertiary/aromatic N) is 1. The minimum atomic E-state index is 1.21. The summed E-state index contributed by atoms with van der Waals surface area (Å²) in [6.07, 6.45) is 1.98. The van der Waals surface area contributed by atoms with E-state index < -0.39 is 0 Å². The zero-order valence-electron chi connectivity index (χ0n) is 8.26. The maximum absolute atomic E-state index is 3.23. The minimum absolute atomic E-state index is 1.21. The van der Waals surface area contributed by atoms with Crippen LogP contribution in [0.3, 0.4) is 0 Å². The first-order valence-corrected chi connectivity index (χ1v) is 4.43. The maximum Gasteiger partial charge on any atom is 0.0477 e. The number of hydrogen-bond acceptors (Lipinski definition) is 1. The van der Waals surface area contributed by atoms with Crippen molar-refractivity contribution in [3.63, 3.8) is 0 Å². The summed E-state index contributed by atoms with van der Waals surface area (Å²) in [5, 5.41) is 1.31. The SMILES string of the molecule is Cc1cc(N(C)C)cc2[nH]ccc12. The summed E-state index contributed by atoms with van der Waals surface area (Å²) in [6.45, 7) is 2.14. The Balaban J connectivity index is 2.70. The molecule has 2 nitrogen and oxygen atoms in total. The Morgan fingerprint density at radius 1 is 1.23 bits per heavy atom. The Morgan fingerprint density at radius 2 is 2.00 bits per heavy atom. The molecule has 1 aromatic heterocycles. The number of fused-ring (bicyclic) bond motifs is 1. The molecule has 1 aromatic carbocycles. The molecule has 68 valence electrons. The van der Waals surface area contributed by atoms with E-state index in [0.717, 1.165) is 0 Å². The molecule has 0 saturated carbocycles. The van der Waals surface area contributed by atoms with Gasteiger partial charge in [-0.3, -0.25) is 0 Å². The topological polar surface area (TPSA) is 19.0 Å². The lowest BCUT2D eigenvalue weighted by Crippen LogP contribution is -2.08. The largest absolute Gasteiger partial charge is 0.378 e. The van der Waals surface area contributed by atoms with E-state index in [0.29, 0.717) is 0 Å². The van der Waals surface area contributed by atoms with Crippen LogP contribution in [0.2, 0.25) is 0 Å². The van der Waals surface area contributed by atoms with Crippen molar-refractivity contribution in [3.8, 4) is 0 Å². The fourth-order valence-corrected chi connectivity index (χ4v) is 1.59. The zero-order chi connectivity index (χ0) is 9.42. The van der Waals surface area contributed by atoms with Gasteiger partial charge in [-0.15, -0.1) is 0 Å². The first kappa shape index (κ1) is 8.17. The molecule has 2 heteroatoms. The van der Waals surface area contributed by atoms with Crippen LogP contribution in [0.4, 0.5) is 5.69 Å². The van der Waals surface area contributed by atoms with Gasteiger partial charge in [-0.05, 0) is 30.7 Å². The van der Waals surface area contributed by atoms with Crippen LogP contribution in [0.15, 0.2) is 24.4 Å². The highest BCUT2D eigenvalue weighted by Gasteiger charge is 2.02. The van der Waals surface area contributed by atoms with Gasteiger partial charge in [0.1, 0.15) is 0 Å². The third-order valence-corrected chi connectivity index (χ3v) is 2.38. The molecule has 0 atom stereocenters.